The van der Waals surface area contributed by atoms with Gasteiger partial charge in [-0.05, 0) is 55.2 Å². The van der Waals surface area contributed by atoms with Crippen LogP contribution in [0.2, 0.25) is 0 Å². The standard InChI is InChI=1S/C22H32N4O2.HI/c1-23-21(26-12-11-22(16-26)9-2-3-10-22)24-15-17-6-4-7-18(14-17)25-20(27)19-8-5-13-28-19;/h4,6-7,14,19H,2-3,5,8-13,15-16H2,1H3,(H,23,24)(H,25,27);1H. The first-order valence-electron chi connectivity index (χ1n) is 10.6. The number of likely N-dealkylation sites (tertiary alicyclic amines) is 1. The van der Waals surface area contributed by atoms with Gasteiger partial charge in [0.05, 0.1) is 0 Å². The Morgan fingerprint density at radius 1 is 1.28 bits per heavy atom. The van der Waals surface area contributed by atoms with Crippen molar-refractivity contribution in [1.82, 2.24) is 10.2 Å². The molecule has 1 amide bonds. The van der Waals surface area contributed by atoms with Crippen molar-refractivity contribution in [2.24, 2.45) is 10.4 Å². The molecule has 1 atom stereocenters. The number of benzene rings is 1. The van der Waals surface area contributed by atoms with Gasteiger partial charge in [0.25, 0.3) is 5.91 Å². The summed E-state index contributed by atoms with van der Waals surface area (Å²) in [5, 5.41) is 6.49. The molecule has 0 radical (unpaired) electrons. The number of nitrogens with one attached hydrogen (secondary N) is 2. The largest absolute Gasteiger partial charge is 0.368 e. The van der Waals surface area contributed by atoms with E-state index in [0.717, 1.165) is 43.1 Å². The van der Waals surface area contributed by atoms with Crippen LogP contribution in [-0.4, -0.2) is 49.6 Å². The molecule has 1 aromatic rings. The van der Waals surface area contributed by atoms with Gasteiger partial charge >= 0.3 is 0 Å². The maximum Gasteiger partial charge on any atom is 0.253 e. The van der Waals surface area contributed by atoms with Crippen LogP contribution < -0.4 is 10.6 Å². The Hall–Kier alpha value is -1.35. The molecule has 1 saturated carbocycles. The molecule has 3 fully saturated rings. The van der Waals surface area contributed by atoms with E-state index in [1.807, 2.05) is 25.2 Å². The van der Waals surface area contributed by atoms with Gasteiger partial charge in [0, 0.05) is 39.0 Å². The van der Waals surface area contributed by atoms with Crippen molar-refractivity contribution in [2.45, 2.75) is 57.6 Å². The number of carbonyl (C=O) groups excluding carboxylic acids is 1. The van der Waals surface area contributed by atoms with Gasteiger partial charge in [0.1, 0.15) is 6.10 Å². The smallest absolute Gasteiger partial charge is 0.253 e. The molecule has 7 heteroatoms. The van der Waals surface area contributed by atoms with Gasteiger partial charge in [-0.15, -0.1) is 24.0 Å². The second kappa shape index (κ2) is 10.1. The Morgan fingerprint density at radius 2 is 2.10 bits per heavy atom. The molecule has 2 heterocycles. The van der Waals surface area contributed by atoms with Crippen LogP contribution in [-0.2, 0) is 16.1 Å². The van der Waals surface area contributed by atoms with Crippen molar-refractivity contribution in [3.05, 3.63) is 29.8 Å². The number of nitrogens with zero attached hydrogens (tertiary/aromatic N) is 2. The van der Waals surface area contributed by atoms with E-state index in [1.165, 1.54) is 32.1 Å². The second-order valence-corrected chi connectivity index (χ2v) is 8.47. The van der Waals surface area contributed by atoms with Crippen LogP contribution in [0.25, 0.3) is 0 Å². The van der Waals surface area contributed by atoms with Crippen molar-refractivity contribution in [3.8, 4) is 0 Å². The van der Waals surface area contributed by atoms with Gasteiger partial charge in [0.15, 0.2) is 5.96 Å². The quantitative estimate of drug-likeness (QED) is 0.367. The molecule has 160 valence electrons. The normalized spacial score (nSPS) is 23.3. The first kappa shape index (κ1) is 22.3. The molecule has 1 unspecified atom stereocenters. The Labute approximate surface area is 190 Å². The molecule has 0 aromatic heterocycles. The molecule has 2 aliphatic heterocycles. The molecule has 6 nitrogen and oxygen atoms in total. The molecule has 4 rings (SSSR count). The van der Waals surface area contributed by atoms with E-state index in [-0.39, 0.29) is 36.0 Å². The van der Waals surface area contributed by atoms with Gasteiger partial charge in [-0.3, -0.25) is 9.79 Å². The average molecular weight is 512 g/mol. The highest BCUT2D eigenvalue weighted by Crippen LogP contribution is 2.45. The molecule has 29 heavy (non-hydrogen) atoms. The van der Waals surface area contributed by atoms with Crippen molar-refractivity contribution in [3.63, 3.8) is 0 Å². The van der Waals surface area contributed by atoms with E-state index in [0.29, 0.717) is 18.6 Å². The van der Waals surface area contributed by atoms with Crippen molar-refractivity contribution < 1.29 is 9.53 Å². The van der Waals surface area contributed by atoms with E-state index in [2.05, 4.69) is 26.6 Å². The SMILES string of the molecule is CN=C(NCc1cccc(NC(=O)C2CCCO2)c1)N1CCC2(CCCC2)C1.I. The number of carbonyl (C=O) groups is 1. The lowest BCUT2D eigenvalue weighted by Crippen LogP contribution is -2.40. The summed E-state index contributed by atoms with van der Waals surface area (Å²) in [5.74, 6) is 0.940. The number of anilines is 1. The minimum Gasteiger partial charge on any atom is -0.368 e. The second-order valence-electron chi connectivity index (χ2n) is 8.47. The van der Waals surface area contributed by atoms with Crippen LogP contribution in [0, 0.1) is 5.41 Å². The van der Waals surface area contributed by atoms with Crippen molar-refractivity contribution in [1.29, 1.82) is 0 Å². The van der Waals surface area contributed by atoms with Crippen molar-refractivity contribution >= 4 is 41.5 Å². The van der Waals surface area contributed by atoms with Crippen LogP contribution in [0.4, 0.5) is 5.69 Å². The summed E-state index contributed by atoms with van der Waals surface area (Å²) in [6.07, 6.45) is 8.24. The summed E-state index contributed by atoms with van der Waals surface area (Å²) in [6.45, 7) is 3.60. The van der Waals surface area contributed by atoms with Crippen LogP contribution in [0.5, 0.6) is 0 Å². The predicted molar refractivity (Wildman–Crippen MR) is 127 cm³/mol. The number of hydrogen-bond acceptors (Lipinski definition) is 3. The van der Waals surface area contributed by atoms with Gasteiger partial charge in [0.2, 0.25) is 0 Å². The van der Waals surface area contributed by atoms with Gasteiger partial charge in [-0.2, -0.15) is 0 Å². The number of halogens is 1. The number of guanidine groups is 1. The lowest BCUT2D eigenvalue weighted by molar-refractivity contribution is -0.124. The fraction of sp³-hybridized carbons (Fsp3) is 0.636. The first-order valence-corrected chi connectivity index (χ1v) is 10.6. The minimum atomic E-state index is -0.307. The van der Waals surface area contributed by atoms with Gasteiger partial charge in [-0.25, -0.2) is 0 Å². The highest BCUT2D eigenvalue weighted by Gasteiger charge is 2.41. The lowest BCUT2D eigenvalue weighted by Gasteiger charge is -2.26. The molecule has 2 saturated heterocycles. The number of amides is 1. The van der Waals surface area contributed by atoms with E-state index < -0.39 is 0 Å². The summed E-state index contributed by atoms with van der Waals surface area (Å²) in [4.78, 5) is 19.2. The summed E-state index contributed by atoms with van der Waals surface area (Å²) in [5.41, 5.74) is 2.48. The molecular weight excluding hydrogens is 479 g/mol. The predicted octanol–water partition coefficient (Wildman–Crippen LogP) is 3.76. The molecular formula is C22H33IN4O2. The third kappa shape index (κ3) is 5.42. The first-order chi connectivity index (χ1) is 13.7. The summed E-state index contributed by atoms with van der Waals surface area (Å²) < 4.78 is 5.46. The number of ether oxygens (including phenoxy) is 1. The van der Waals surface area contributed by atoms with Crippen LogP contribution >= 0.6 is 24.0 Å². The Morgan fingerprint density at radius 3 is 2.83 bits per heavy atom. The summed E-state index contributed by atoms with van der Waals surface area (Å²) >= 11 is 0. The highest BCUT2D eigenvalue weighted by molar-refractivity contribution is 14.0. The Kier molecular flexibility index (Phi) is 7.79. The van der Waals surface area contributed by atoms with E-state index >= 15 is 0 Å². The van der Waals surface area contributed by atoms with Crippen molar-refractivity contribution in [2.75, 3.05) is 32.1 Å². The lowest BCUT2D eigenvalue weighted by atomic mass is 9.86. The molecule has 0 bridgehead atoms. The van der Waals surface area contributed by atoms with Crippen LogP contribution in [0.3, 0.4) is 0 Å². The zero-order valence-electron chi connectivity index (χ0n) is 17.3. The number of aliphatic imine (C=N–C) groups is 1. The Balaban J connectivity index is 0.00000240. The third-order valence-electron chi connectivity index (χ3n) is 6.48. The average Bonchev–Trinajstić information content (AvgIpc) is 3.46. The molecule has 1 aliphatic carbocycles. The highest BCUT2D eigenvalue weighted by atomic mass is 127. The summed E-state index contributed by atoms with van der Waals surface area (Å²) in [7, 11) is 1.86. The topological polar surface area (TPSA) is 66.0 Å². The van der Waals surface area contributed by atoms with Crippen LogP contribution in [0.1, 0.15) is 50.5 Å². The van der Waals surface area contributed by atoms with Crippen LogP contribution in [0.15, 0.2) is 29.3 Å². The molecule has 1 aromatic carbocycles. The maximum atomic E-state index is 12.3. The number of hydrogen-bond donors (Lipinski definition) is 2. The fourth-order valence-electron chi connectivity index (χ4n) is 4.93. The third-order valence-corrected chi connectivity index (χ3v) is 6.48. The molecule has 2 N–H and O–H groups in total. The number of rotatable bonds is 4. The zero-order valence-corrected chi connectivity index (χ0v) is 19.6. The molecule has 1 spiro atoms. The van der Waals surface area contributed by atoms with E-state index in [9.17, 15) is 4.79 Å². The zero-order chi connectivity index (χ0) is 19.4. The van der Waals surface area contributed by atoms with E-state index in [4.69, 9.17) is 4.74 Å². The minimum absolute atomic E-state index is 0. The van der Waals surface area contributed by atoms with Gasteiger partial charge < -0.3 is 20.3 Å². The maximum absolute atomic E-state index is 12.3. The van der Waals surface area contributed by atoms with Gasteiger partial charge in [-0.1, -0.05) is 25.0 Å². The van der Waals surface area contributed by atoms with E-state index in [1.54, 1.807) is 0 Å². The fourth-order valence-corrected chi connectivity index (χ4v) is 4.93. The Bertz CT molecular complexity index is 727. The molecule has 3 aliphatic rings. The summed E-state index contributed by atoms with van der Waals surface area (Å²) in [6, 6.07) is 8.00. The monoisotopic (exact) mass is 512 g/mol.